The highest BCUT2D eigenvalue weighted by Crippen LogP contribution is 2.30. The first-order chi connectivity index (χ1) is 15.5. The second-order valence-electron chi connectivity index (χ2n) is 8.55. The van der Waals surface area contributed by atoms with Crippen LogP contribution in [0.3, 0.4) is 0 Å². The van der Waals surface area contributed by atoms with Gasteiger partial charge in [0.25, 0.3) is 11.6 Å². The molecule has 0 atom stereocenters. The Bertz CT molecular complexity index is 936. The molecule has 0 unspecified atom stereocenters. The minimum absolute atomic E-state index is 0. The van der Waals surface area contributed by atoms with Gasteiger partial charge in [-0.3, -0.25) is 19.8 Å². The van der Waals surface area contributed by atoms with Crippen LogP contribution in [0, 0.1) is 10.1 Å². The van der Waals surface area contributed by atoms with Crippen molar-refractivity contribution in [3.8, 4) is 5.69 Å². The number of carbonyl (C=O) groups excluding carboxylic acids is 1. The van der Waals surface area contributed by atoms with Crippen LogP contribution in [0.1, 0.15) is 34.8 Å². The Labute approximate surface area is 199 Å². The summed E-state index contributed by atoms with van der Waals surface area (Å²) in [6, 6.07) is 6.31. The number of aromatic nitrogens is 2. The minimum atomic E-state index is -0.417. The summed E-state index contributed by atoms with van der Waals surface area (Å²) in [6.45, 7) is 7.35. The first-order valence-electron chi connectivity index (χ1n) is 11.3. The largest absolute Gasteiger partial charge is 0.351 e. The Morgan fingerprint density at radius 2 is 1.85 bits per heavy atom. The van der Waals surface area contributed by atoms with Gasteiger partial charge in [0.1, 0.15) is 0 Å². The molecule has 4 rings (SSSR count). The lowest BCUT2D eigenvalue weighted by atomic mass is 9.91. The van der Waals surface area contributed by atoms with Crippen molar-refractivity contribution in [3.63, 3.8) is 0 Å². The van der Waals surface area contributed by atoms with Gasteiger partial charge >= 0.3 is 0 Å². The van der Waals surface area contributed by atoms with Crippen molar-refractivity contribution in [2.45, 2.75) is 18.8 Å². The van der Waals surface area contributed by atoms with Crippen LogP contribution in [0.2, 0.25) is 0 Å². The Morgan fingerprint density at radius 1 is 1.18 bits per heavy atom. The second kappa shape index (κ2) is 11.6. The van der Waals surface area contributed by atoms with E-state index in [1.54, 1.807) is 23.0 Å². The van der Waals surface area contributed by atoms with E-state index in [1.165, 1.54) is 12.1 Å². The van der Waals surface area contributed by atoms with Gasteiger partial charge in [-0.05, 0) is 45.1 Å². The van der Waals surface area contributed by atoms with Crippen LogP contribution >= 0.6 is 12.4 Å². The number of amides is 1. The fourth-order valence-corrected chi connectivity index (χ4v) is 4.44. The number of hydrogen-bond donors (Lipinski definition) is 2. The molecular formula is C22H32ClN7O3. The first kappa shape index (κ1) is 25.1. The van der Waals surface area contributed by atoms with Crippen molar-refractivity contribution in [1.29, 1.82) is 0 Å². The lowest BCUT2D eigenvalue weighted by Crippen LogP contribution is -2.47. The topological polar surface area (TPSA) is 109 Å². The third-order valence-corrected chi connectivity index (χ3v) is 6.39. The zero-order valence-corrected chi connectivity index (χ0v) is 19.7. The van der Waals surface area contributed by atoms with Crippen molar-refractivity contribution < 1.29 is 9.72 Å². The van der Waals surface area contributed by atoms with Gasteiger partial charge in [-0.2, -0.15) is 5.10 Å². The van der Waals surface area contributed by atoms with E-state index in [4.69, 9.17) is 0 Å². The number of carbonyl (C=O) groups is 1. The number of nitrogens with zero attached hydrogens (tertiary/aromatic N) is 5. The van der Waals surface area contributed by atoms with Crippen LogP contribution in [0.25, 0.3) is 5.69 Å². The monoisotopic (exact) mass is 477 g/mol. The normalized spacial score (nSPS) is 18.0. The molecule has 2 N–H and O–H groups in total. The molecule has 2 aliphatic rings. The molecule has 1 amide bonds. The number of hydrogen-bond acceptors (Lipinski definition) is 7. The summed E-state index contributed by atoms with van der Waals surface area (Å²) in [5.41, 5.74) is 2.23. The first-order valence-corrected chi connectivity index (χ1v) is 11.3. The lowest BCUT2D eigenvalue weighted by molar-refractivity contribution is -0.384. The van der Waals surface area contributed by atoms with E-state index in [2.05, 4.69) is 32.6 Å². The molecule has 0 spiro atoms. The number of nitro benzene ring substituents is 1. The van der Waals surface area contributed by atoms with Gasteiger partial charge in [-0.15, -0.1) is 12.4 Å². The van der Waals surface area contributed by atoms with E-state index in [0.717, 1.165) is 70.0 Å². The number of likely N-dealkylation sites (N-methyl/N-ethyl adjacent to an activating group) is 1. The molecule has 2 aromatic rings. The summed E-state index contributed by atoms with van der Waals surface area (Å²) in [6.07, 6.45) is 3.46. The molecule has 10 nitrogen and oxygen atoms in total. The molecule has 1 aromatic heterocycles. The van der Waals surface area contributed by atoms with Gasteiger partial charge in [0.2, 0.25) is 0 Å². The van der Waals surface area contributed by atoms with E-state index < -0.39 is 4.92 Å². The molecule has 0 saturated carbocycles. The molecule has 0 aliphatic carbocycles. The number of piperidine rings is 1. The van der Waals surface area contributed by atoms with E-state index in [9.17, 15) is 14.9 Å². The summed E-state index contributed by atoms with van der Waals surface area (Å²) >= 11 is 0. The molecule has 11 heteroatoms. The fourth-order valence-electron chi connectivity index (χ4n) is 4.44. The van der Waals surface area contributed by atoms with Crippen LogP contribution in [0.4, 0.5) is 5.69 Å². The van der Waals surface area contributed by atoms with Crippen molar-refractivity contribution in [2.75, 3.05) is 59.4 Å². The van der Waals surface area contributed by atoms with Gasteiger partial charge in [-0.1, -0.05) is 0 Å². The van der Waals surface area contributed by atoms with Crippen molar-refractivity contribution >= 4 is 24.0 Å². The predicted octanol–water partition coefficient (Wildman–Crippen LogP) is 1.65. The number of non-ortho nitro benzene ring substituents is 1. The summed E-state index contributed by atoms with van der Waals surface area (Å²) in [5, 5.41) is 22.0. The van der Waals surface area contributed by atoms with Gasteiger partial charge in [0.05, 0.1) is 28.1 Å². The number of nitrogens with one attached hydrogen (secondary N) is 2. The maximum Gasteiger partial charge on any atom is 0.269 e. The molecule has 2 fully saturated rings. The highest BCUT2D eigenvalue weighted by Gasteiger charge is 2.27. The van der Waals surface area contributed by atoms with Crippen LogP contribution in [0.5, 0.6) is 0 Å². The van der Waals surface area contributed by atoms with E-state index >= 15 is 0 Å². The van der Waals surface area contributed by atoms with Gasteiger partial charge in [-0.25, -0.2) is 4.68 Å². The van der Waals surface area contributed by atoms with Gasteiger partial charge < -0.3 is 15.5 Å². The molecule has 180 valence electrons. The summed E-state index contributed by atoms with van der Waals surface area (Å²) in [7, 11) is 2.13. The van der Waals surface area contributed by atoms with Crippen molar-refractivity contribution in [2.24, 2.45) is 0 Å². The van der Waals surface area contributed by atoms with Gasteiger partial charge in [0, 0.05) is 57.3 Å². The molecule has 1 aromatic carbocycles. The van der Waals surface area contributed by atoms with Crippen LogP contribution in [0.15, 0.2) is 30.5 Å². The average Bonchev–Trinajstić information content (AvgIpc) is 3.26. The fraction of sp³-hybridized carbons (Fsp3) is 0.545. The highest BCUT2D eigenvalue weighted by molar-refractivity contribution is 5.95. The van der Waals surface area contributed by atoms with Gasteiger partial charge in [0.15, 0.2) is 0 Å². The predicted molar refractivity (Wildman–Crippen MR) is 129 cm³/mol. The number of benzene rings is 1. The molecule has 33 heavy (non-hydrogen) atoms. The Morgan fingerprint density at radius 3 is 2.48 bits per heavy atom. The Hall–Kier alpha value is -2.53. The maximum atomic E-state index is 13.1. The number of piperazine rings is 1. The van der Waals surface area contributed by atoms with Crippen LogP contribution in [-0.4, -0.2) is 89.8 Å². The van der Waals surface area contributed by atoms with E-state index in [1.807, 2.05) is 0 Å². The third kappa shape index (κ3) is 6.08. The van der Waals surface area contributed by atoms with E-state index in [0.29, 0.717) is 12.1 Å². The Kier molecular flexibility index (Phi) is 8.79. The standard InChI is InChI=1S/C22H31N7O3.ClH/c1-26-12-14-27(15-13-26)11-10-24-22(30)20-16-25-28(21(20)17-6-8-23-9-7-17)18-2-4-19(5-3-18)29(31)32;/h2-5,16-17,23H,6-15H2,1H3,(H,24,30);1H. The van der Waals surface area contributed by atoms with Crippen molar-refractivity contribution in [1.82, 2.24) is 30.2 Å². The highest BCUT2D eigenvalue weighted by atomic mass is 35.5. The van der Waals surface area contributed by atoms with E-state index in [-0.39, 0.29) is 29.9 Å². The quantitative estimate of drug-likeness (QED) is 0.461. The molecule has 2 saturated heterocycles. The van der Waals surface area contributed by atoms with Crippen molar-refractivity contribution in [3.05, 3.63) is 51.8 Å². The third-order valence-electron chi connectivity index (χ3n) is 6.39. The SMILES string of the molecule is CN1CCN(CCNC(=O)c2cnn(-c3ccc([N+](=O)[O-])cc3)c2C2CCNCC2)CC1.Cl. The number of rotatable bonds is 7. The van der Waals surface area contributed by atoms with Crippen LogP contribution in [-0.2, 0) is 0 Å². The zero-order valence-electron chi connectivity index (χ0n) is 18.9. The minimum Gasteiger partial charge on any atom is -0.351 e. The summed E-state index contributed by atoms with van der Waals surface area (Å²) in [5.74, 6) is 0.0909. The molecule has 0 bridgehead atoms. The molecule has 3 heterocycles. The molecule has 2 aliphatic heterocycles. The number of nitro groups is 1. The zero-order chi connectivity index (χ0) is 22.5. The molecular weight excluding hydrogens is 446 g/mol. The Balaban J connectivity index is 0.00000306. The maximum absolute atomic E-state index is 13.1. The summed E-state index contributed by atoms with van der Waals surface area (Å²) < 4.78 is 1.77. The average molecular weight is 478 g/mol. The number of halogens is 1. The smallest absolute Gasteiger partial charge is 0.269 e. The van der Waals surface area contributed by atoms with Crippen LogP contribution < -0.4 is 10.6 Å². The second-order valence-corrected chi connectivity index (χ2v) is 8.55. The lowest BCUT2D eigenvalue weighted by Gasteiger charge is -2.32. The molecule has 0 radical (unpaired) electrons. The summed E-state index contributed by atoms with van der Waals surface area (Å²) in [4.78, 5) is 28.4.